The Labute approximate surface area is 80.9 Å². The lowest BCUT2D eigenvalue weighted by atomic mass is 10.1. The summed E-state index contributed by atoms with van der Waals surface area (Å²) in [7, 11) is 0. The fraction of sp³-hybridized carbons (Fsp3) is 0.300. The van der Waals surface area contributed by atoms with Gasteiger partial charge >= 0.3 is 0 Å². The van der Waals surface area contributed by atoms with Crippen molar-refractivity contribution >= 4 is 21.7 Å². The molecule has 0 unspecified atom stereocenters. The van der Waals surface area contributed by atoms with E-state index in [2.05, 4.69) is 15.9 Å². The maximum atomic E-state index is 11.0. The highest BCUT2D eigenvalue weighted by Crippen LogP contribution is 2.22. The molecule has 0 bridgehead atoms. The minimum Gasteiger partial charge on any atom is -0.295 e. The van der Waals surface area contributed by atoms with Gasteiger partial charge < -0.3 is 0 Å². The summed E-state index contributed by atoms with van der Waals surface area (Å²) in [4.78, 5) is 11.0. The van der Waals surface area contributed by atoms with Gasteiger partial charge in [-0.15, -0.1) is 0 Å². The van der Waals surface area contributed by atoms with Crippen LogP contribution in [0.5, 0.6) is 0 Å². The Bertz CT molecular complexity index is 306. The lowest BCUT2D eigenvalue weighted by molar-refractivity contribution is 0.101. The third kappa shape index (κ3) is 1.75. The van der Waals surface area contributed by atoms with E-state index in [0.29, 0.717) is 0 Å². The van der Waals surface area contributed by atoms with Crippen LogP contribution in [0.15, 0.2) is 16.6 Å². The summed E-state index contributed by atoms with van der Waals surface area (Å²) in [6.07, 6.45) is 0. The zero-order chi connectivity index (χ0) is 9.30. The van der Waals surface area contributed by atoms with Crippen LogP contribution in [-0.4, -0.2) is 5.78 Å². The average molecular weight is 227 g/mol. The molecule has 1 aromatic rings. The SMILES string of the molecule is CC(=O)c1cc(C)c(Br)c(C)c1. The fourth-order valence-corrected chi connectivity index (χ4v) is 1.38. The van der Waals surface area contributed by atoms with Gasteiger partial charge in [0.05, 0.1) is 0 Å². The van der Waals surface area contributed by atoms with E-state index in [1.54, 1.807) is 6.92 Å². The second kappa shape index (κ2) is 3.40. The molecule has 0 fully saturated rings. The molecule has 0 atom stereocenters. The number of halogens is 1. The Morgan fingerprint density at radius 2 is 1.67 bits per heavy atom. The highest BCUT2D eigenvalue weighted by molar-refractivity contribution is 9.10. The van der Waals surface area contributed by atoms with Gasteiger partial charge in [0.15, 0.2) is 5.78 Å². The van der Waals surface area contributed by atoms with Crippen molar-refractivity contribution in [2.75, 3.05) is 0 Å². The summed E-state index contributed by atoms with van der Waals surface area (Å²) in [5.41, 5.74) is 3.01. The van der Waals surface area contributed by atoms with E-state index >= 15 is 0 Å². The van der Waals surface area contributed by atoms with Gasteiger partial charge in [-0.1, -0.05) is 15.9 Å². The first-order valence-corrected chi connectivity index (χ1v) is 4.59. The van der Waals surface area contributed by atoms with Crippen molar-refractivity contribution in [3.63, 3.8) is 0 Å². The molecule has 64 valence electrons. The quantitative estimate of drug-likeness (QED) is 0.673. The third-order valence-corrected chi connectivity index (χ3v) is 3.09. The molecule has 1 aromatic carbocycles. The normalized spacial score (nSPS) is 10.0. The number of hydrogen-bond donors (Lipinski definition) is 0. The molecule has 0 aliphatic rings. The first kappa shape index (κ1) is 9.46. The number of ketones is 1. The van der Waals surface area contributed by atoms with Gasteiger partial charge in [0.2, 0.25) is 0 Å². The largest absolute Gasteiger partial charge is 0.295 e. The molecule has 0 amide bonds. The Balaban J connectivity index is 3.31. The molecule has 0 aliphatic heterocycles. The fourth-order valence-electron chi connectivity index (χ4n) is 1.15. The van der Waals surface area contributed by atoms with Crippen LogP contribution in [0.4, 0.5) is 0 Å². The molecule has 0 saturated heterocycles. The number of Topliss-reactive ketones (excluding diaryl/α,β-unsaturated/α-hetero) is 1. The van der Waals surface area contributed by atoms with Crippen LogP contribution in [0, 0.1) is 13.8 Å². The van der Waals surface area contributed by atoms with E-state index in [1.807, 2.05) is 26.0 Å². The Hall–Kier alpha value is -0.630. The molecule has 0 spiro atoms. The Morgan fingerprint density at radius 1 is 1.25 bits per heavy atom. The minimum atomic E-state index is 0.119. The van der Waals surface area contributed by atoms with E-state index in [4.69, 9.17) is 0 Å². The number of aryl methyl sites for hydroxylation is 2. The minimum absolute atomic E-state index is 0.119. The predicted molar refractivity (Wildman–Crippen MR) is 53.6 cm³/mol. The number of rotatable bonds is 1. The van der Waals surface area contributed by atoms with Crippen molar-refractivity contribution in [1.82, 2.24) is 0 Å². The van der Waals surface area contributed by atoms with E-state index in [0.717, 1.165) is 21.2 Å². The van der Waals surface area contributed by atoms with Crippen molar-refractivity contribution in [2.45, 2.75) is 20.8 Å². The number of carbonyl (C=O) groups is 1. The molecule has 0 heterocycles. The van der Waals surface area contributed by atoms with Crippen LogP contribution in [0.1, 0.15) is 28.4 Å². The van der Waals surface area contributed by atoms with Crippen LogP contribution in [0.3, 0.4) is 0 Å². The third-order valence-electron chi connectivity index (χ3n) is 1.84. The molecule has 0 radical (unpaired) electrons. The first-order chi connectivity index (χ1) is 5.52. The summed E-state index contributed by atoms with van der Waals surface area (Å²) >= 11 is 3.45. The highest BCUT2D eigenvalue weighted by atomic mass is 79.9. The number of carbonyl (C=O) groups excluding carboxylic acids is 1. The van der Waals surface area contributed by atoms with Crippen LogP contribution >= 0.6 is 15.9 Å². The molecule has 12 heavy (non-hydrogen) atoms. The summed E-state index contributed by atoms with van der Waals surface area (Å²) in [5, 5.41) is 0. The van der Waals surface area contributed by atoms with Crippen molar-refractivity contribution < 1.29 is 4.79 Å². The molecule has 1 nitrogen and oxygen atoms in total. The molecule has 0 aromatic heterocycles. The van der Waals surface area contributed by atoms with Gasteiger partial charge in [-0.05, 0) is 44.0 Å². The van der Waals surface area contributed by atoms with Gasteiger partial charge in [0.1, 0.15) is 0 Å². The van der Waals surface area contributed by atoms with Crippen molar-refractivity contribution in [3.05, 3.63) is 33.3 Å². The monoisotopic (exact) mass is 226 g/mol. The summed E-state index contributed by atoms with van der Waals surface area (Å²) < 4.78 is 1.09. The van der Waals surface area contributed by atoms with E-state index < -0.39 is 0 Å². The van der Waals surface area contributed by atoms with Crippen LogP contribution < -0.4 is 0 Å². The van der Waals surface area contributed by atoms with Crippen molar-refractivity contribution in [1.29, 1.82) is 0 Å². The molecule has 0 aliphatic carbocycles. The second-order valence-electron chi connectivity index (χ2n) is 2.98. The van der Waals surface area contributed by atoms with E-state index in [9.17, 15) is 4.79 Å². The molecular formula is C10H11BrO. The van der Waals surface area contributed by atoms with E-state index in [-0.39, 0.29) is 5.78 Å². The highest BCUT2D eigenvalue weighted by Gasteiger charge is 2.04. The molecule has 2 heteroatoms. The number of benzene rings is 1. The molecule has 0 saturated carbocycles. The van der Waals surface area contributed by atoms with Gasteiger partial charge in [0.25, 0.3) is 0 Å². The number of hydrogen-bond acceptors (Lipinski definition) is 1. The summed E-state index contributed by atoms with van der Waals surface area (Å²) in [6, 6.07) is 3.80. The van der Waals surface area contributed by atoms with Gasteiger partial charge in [-0.3, -0.25) is 4.79 Å². The standard InChI is InChI=1S/C10H11BrO/c1-6-4-9(8(3)12)5-7(2)10(6)11/h4-5H,1-3H3. The maximum Gasteiger partial charge on any atom is 0.159 e. The van der Waals surface area contributed by atoms with Crippen LogP contribution in [0.25, 0.3) is 0 Å². The van der Waals surface area contributed by atoms with Crippen LogP contribution in [-0.2, 0) is 0 Å². The zero-order valence-electron chi connectivity index (χ0n) is 7.44. The Kier molecular flexibility index (Phi) is 2.68. The van der Waals surface area contributed by atoms with E-state index in [1.165, 1.54) is 0 Å². The topological polar surface area (TPSA) is 17.1 Å². The molecular weight excluding hydrogens is 216 g/mol. The lowest BCUT2D eigenvalue weighted by Gasteiger charge is -2.04. The zero-order valence-corrected chi connectivity index (χ0v) is 9.03. The van der Waals surface area contributed by atoms with Gasteiger partial charge in [0, 0.05) is 10.0 Å². The first-order valence-electron chi connectivity index (χ1n) is 3.80. The maximum absolute atomic E-state index is 11.0. The molecule has 1 rings (SSSR count). The Morgan fingerprint density at radius 3 is 2.00 bits per heavy atom. The summed E-state index contributed by atoms with van der Waals surface area (Å²) in [6.45, 7) is 5.56. The average Bonchev–Trinajstić information content (AvgIpc) is 1.99. The predicted octanol–water partition coefficient (Wildman–Crippen LogP) is 3.27. The smallest absolute Gasteiger partial charge is 0.159 e. The lowest BCUT2D eigenvalue weighted by Crippen LogP contribution is -1.94. The van der Waals surface area contributed by atoms with Crippen LogP contribution in [0.2, 0.25) is 0 Å². The summed E-state index contributed by atoms with van der Waals surface area (Å²) in [5.74, 6) is 0.119. The van der Waals surface area contributed by atoms with Crippen molar-refractivity contribution in [3.8, 4) is 0 Å². The molecule has 0 N–H and O–H groups in total. The second-order valence-corrected chi connectivity index (χ2v) is 3.77. The van der Waals surface area contributed by atoms with Crippen molar-refractivity contribution in [2.24, 2.45) is 0 Å². The van der Waals surface area contributed by atoms with Gasteiger partial charge in [-0.25, -0.2) is 0 Å². The van der Waals surface area contributed by atoms with Gasteiger partial charge in [-0.2, -0.15) is 0 Å².